The van der Waals surface area contributed by atoms with Crippen molar-refractivity contribution in [2.45, 2.75) is 40.0 Å². The fraction of sp³-hybridized carbons (Fsp3) is 0.471. The summed E-state index contributed by atoms with van der Waals surface area (Å²) in [5.74, 6) is 0.0260. The van der Waals surface area contributed by atoms with Crippen LogP contribution < -0.4 is 0 Å². The molecule has 0 heterocycles. The largest absolute Gasteiger partial charge is 0.466 e. The lowest BCUT2D eigenvalue weighted by Crippen LogP contribution is -2.05. The van der Waals surface area contributed by atoms with Crippen molar-refractivity contribution in [1.82, 2.24) is 0 Å². The monoisotopic (exact) mass is 276 g/mol. The molecule has 0 saturated carbocycles. The van der Waals surface area contributed by atoms with Crippen LogP contribution in [0.4, 0.5) is 4.39 Å². The Morgan fingerprint density at radius 3 is 2.80 bits per heavy atom. The molecule has 2 rings (SSSR count). The molecule has 0 aliphatic heterocycles. The summed E-state index contributed by atoms with van der Waals surface area (Å²) in [7, 11) is 0. The Kier molecular flexibility index (Phi) is 4.58. The van der Waals surface area contributed by atoms with Crippen molar-refractivity contribution >= 4 is 11.5 Å². The third kappa shape index (κ3) is 3.27. The summed E-state index contributed by atoms with van der Waals surface area (Å²) in [6.45, 7) is 6.47. The number of rotatable bonds is 5. The Labute approximate surface area is 119 Å². The Morgan fingerprint density at radius 2 is 2.15 bits per heavy atom. The first kappa shape index (κ1) is 14.8. The highest BCUT2D eigenvalue weighted by Gasteiger charge is 2.24. The van der Waals surface area contributed by atoms with Crippen LogP contribution in [0.2, 0.25) is 0 Å². The maximum atomic E-state index is 13.5. The van der Waals surface area contributed by atoms with Crippen LogP contribution in [0.25, 0.3) is 5.57 Å². The molecule has 0 spiro atoms. The molecular formula is C17H21FO2. The molecule has 0 unspecified atom stereocenters. The van der Waals surface area contributed by atoms with Gasteiger partial charge in [0, 0.05) is 0 Å². The predicted molar refractivity (Wildman–Crippen MR) is 77.7 cm³/mol. The van der Waals surface area contributed by atoms with E-state index in [0.29, 0.717) is 12.5 Å². The van der Waals surface area contributed by atoms with Crippen molar-refractivity contribution in [3.05, 3.63) is 40.7 Å². The van der Waals surface area contributed by atoms with E-state index in [1.54, 1.807) is 6.92 Å². The van der Waals surface area contributed by atoms with E-state index in [1.807, 2.05) is 6.07 Å². The Bertz CT molecular complexity index is 544. The minimum absolute atomic E-state index is 0.235. The number of ether oxygens (including phenoxy) is 1. The Morgan fingerprint density at radius 1 is 1.40 bits per heavy atom. The van der Waals surface area contributed by atoms with Crippen LogP contribution in [0.1, 0.15) is 44.7 Å². The first-order valence-corrected chi connectivity index (χ1v) is 7.16. The highest BCUT2D eigenvalue weighted by Crippen LogP contribution is 2.38. The second kappa shape index (κ2) is 6.21. The van der Waals surface area contributed by atoms with E-state index in [0.717, 1.165) is 29.5 Å². The van der Waals surface area contributed by atoms with Gasteiger partial charge in [-0.2, -0.15) is 0 Å². The molecule has 20 heavy (non-hydrogen) atoms. The molecule has 0 radical (unpaired) electrons. The predicted octanol–water partition coefficient (Wildman–Crippen LogP) is 4.13. The van der Waals surface area contributed by atoms with E-state index < -0.39 is 0 Å². The van der Waals surface area contributed by atoms with Crippen molar-refractivity contribution < 1.29 is 13.9 Å². The number of carbonyl (C=O) groups excluding carboxylic acids is 1. The van der Waals surface area contributed by atoms with E-state index in [9.17, 15) is 9.18 Å². The van der Waals surface area contributed by atoms with Crippen LogP contribution in [-0.4, -0.2) is 12.6 Å². The maximum absolute atomic E-state index is 13.5. The van der Waals surface area contributed by atoms with E-state index in [1.165, 1.54) is 17.7 Å². The highest BCUT2D eigenvalue weighted by atomic mass is 19.1. The fourth-order valence-electron chi connectivity index (χ4n) is 2.78. The smallest absolute Gasteiger partial charge is 0.310 e. The molecular weight excluding hydrogens is 255 g/mol. The molecule has 1 aliphatic rings. The van der Waals surface area contributed by atoms with Gasteiger partial charge in [0.25, 0.3) is 0 Å². The van der Waals surface area contributed by atoms with E-state index in [-0.39, 0.29) is 18.2 Å². The Balaban J connectivity index is 2.33. The summed E-state index contributed by atoms with van der Waals surface area (Å²) in [6.07, 6.45) is 2.00. The molecule has 0 aromatic heterocycles. The zero-order chi connectivity index (χ0) is 14.7. The van der Waals surface area contributed by atoms with Gasteiger partial charge in [-0.15, -0.1) is 0 Å². The first-order chi connectivity index (χ1) is 9.51. The summed E-state index contributed by atoms with van der Waals surface area (Å²) in [6, 6.07) is 4.85. The molecule has 0 bridgehead atoms. The van der Waals surface area contributed by atoms with E-state index in [2.05, 4.69) is 13.8 Å². The summed E-state index contributed by atoms with van der Waals surface area (Å²) in [5, 5.41) is 0. The molecule has 2 nitrogen and oxygen atoms in total. The lowest BCUT2D eigenvalue weighted by atomic mass is 9.97. The minimum Gasteiger partial charge on any atom is -0.466 e. The molecule has 1 aromatic carbocycles. The molecule has 1 aliphatic carbocycles. The second-order valence-electron chi connectivity index (χ2n) is 5.64. The number of carbonyl (C=O) groups is 1. The average Bonchev–Trinajstić information content (AvgIpc) is 2.67. The molecule has 1 aromatic rings. The van der Waals surface area contributed by atoms with Crippen molar-refractivity contribution in [3.8, 4) is 0 Å². The number of benzene rings is 1. The normalized spacial score (nSPS) is 13.8. The van der Waals surface area contributed by atoms with Crippen molar-refractivity contribution in [2.75, 3.05) is 6.61 Å². The first-order valence-electron chi connectivity index (χ1n) is 7.16. The second-order valence-corrected chi connectivity index (χ2v) is 5.64. The summed E-state index contributed by atoms with van der Waals surface area (Å²) >= 11 is 0. The van der Waals surface area contributed by atoms with Crippen LogP contribution in [0.3, 0.4) is 0 Å². The minimum atomic E-state index is -0.254. The molecule has 108 valence electrons. The van der Waals surface area contributed by atoms with Gasteiger partial charge < -0.3 is 4.74 Å². The van der Waals surface area contributed by atoms with Crippen molar-refractivity contribution in [1.29, 1.82) is 0 Å². The number of fused-ring (bicyclic) bond motifs is 1. The lowest BCUT2D eigenvalue weighted by molar-refractivity contribution is -0.141. The molecule has 0 saturated heterocycles. The van der Waals surface area contributed by atoms with E-state index >= 15 is 0 Å². The van der Waals surface area contributed by atoms with Gasteiger partial charge >= 0.3 is 5.97 Å². The zero-order valence-electron chi connectivity index (χ0n) is 12.3. The standard InChI is InChI=1S/C17H21FO2/c1-4-20-17(19)10-16-13(7-11(2)3)8-12-5-6-14(18)9-15(12)16/h5-6,9,11H,4,7-8,10H2,1-3H3. The number of allylic oxidation sites excluding steroid dienone is 1. The number of hydrogen-bond acceptors (Lipinski definition) is 2. The third-order valence-electron chi connectivity index (χ3n) is 3.51. The number of hydrogen-bond donors (Lipinski definition) is 0. The van der Waals surface area contributed by atoms with Crippen LogP contribution in [0, 0.1) is 11.7 Å². The van der Waals surface area contributed by atoms with Gasteiger partial charge in [0.15, 0.2) is 0 Å². The molecule has 0 N–H and O–H groups in total. The van der Waals surface area contributed by atoms with Crippen LogP contribution in [-0.2, 0) is 16.0 Å². The van der Waals surface area contributed by atoms with Crippen molar-refractivity contribution in [3.63, 3.8) is 0 Å². The summed E-state index contributed by atoms with van der Waals surface area (Å²) in [5.41, 5.74) is 4.20. The summed E-state index contributed by atoms with van der Waals surface area (Å²) < 4.78 is 18.5. The quantitative estimate of drug-likeness (QED) is 0.756. The van der Waals surface area contributed by atoms with Gasteiger partial charge in [-0.05, 0) is 54.5 Å². The van der Waals surface area contributed by atoms with Gasteiger partial charge in [-0.25, -0.2) is 4.39 Å². The van der Waals surface area contributed by atoms with Gasteiger partial charge in [-0.1, -0.05) is 25.5 Å². The topological polar surface area (TPSA) is 26.3 Å². The third-order valence-corrected chi connectivity index (χ3v) is 3.51. The lowest BCUT2D eigenvalue weighted by Gasteiger charge is -2.10. The summed E-state index contributed by atoms with van der Waals surface area (Å²) in [4.78, 5) is 11.8. The average molecular weight is 276 g/mol. The van der Waals surface area contributed by atoms with Gasteiger partial charge in [-0.3, -0.25) is 4.79 Å². The van der Waals surface area contributed by atoms with Gasteiger partial charge in [0.2, 0.25) is 0 Å². The van der Waals surface area contributed by atoms with Gasteiger partial charge in [0.1, 0.15) is 5.82 Å². The molecule has 0 atom stereocenters. The molecule has 0 amide bonds. The molecule has 3 heteroatoms. The van der Waals surface area contributed by atoms with Crippen LogP contribution in [0.15, 0.2) is 23.8 Å². The van der Waals surface area contributed by atoms with Crippen LogP contribution in [0.5, 0.6) is 0 Å². The number of esters is 1. The SMILES string of the molecule is CCOC(=O)CC1=C(CC(C)C)Cc2ccc(F)cc21. The Hall–Kier alpha value is -1.64. The van der Waals surface area contributed by atoms with E-state index in [4.69, 9.17) is 4.74 Å². The maximum Gasteiger partial charge on any atom is 0.310 e. The van der Waals surface area contributed by atoms with Crippen molar-refractivity contribution in [2.24, 2.45) is 5.92 Å². The zero-order valence-corrected chi connectivity index (χ0v) is 12.3. The van der Waals surface area contributed by atoms with Gasteiger partial charge in [0.05, 0.1) is 13.0 Å². The van der Waals surface area contributed by atoms with Crippen LogP contribution >= 0.6 is 0 Å². The molecule has 0 fully saturated rings. The number of halogens is 1. The fourth-order valence-corrected chi connectivity index (χ4v) is 2.78. The highest BCUT2D eigenvalue weighted by molar-refractivity contribution is 5.89.